The van der Waals surface area contributed by atoms with Crippen molar-refractivity contribution < 1.29 is 18.0 Å². The van der Waals surface area contributed by atoms with Crippen LogP contribution in [0.4, 0.5) is 13.2 Å². The zero-order chi connectivity index (χ0) is 11.6. The van der Waals surface area contributed by atoms with Crippen LogP contribution in [0.25, 0.3) is 0 Å². The van der Waals surface area contributed by atoms with Crippen molar-refractivity contribution in [2.24, 2.45) is 0 Å². The van der Waals surface area contributed by atoms with Crippen LogP contribution in [0, 0.1) is 6.92 Å². The van der Waals surface area contributed by atoms with Gasteiger partial charge in [-0.2, -0.15) is 18.3 Å². The van der Waals surface area contributed by atoms with Gasteiger partial charge in [-0.3, -0.25) is 9.48 Å². The van der Waals surface area contributed by atoms with E-state index in [1.54, 1.807) is 13.8 Å². The summed E-state index contributed by atoms with van der Waals surface area (Å²) in [6.45, 7) is 3.67. The average Bonchev–Trinajstić information content (AvgIpc) is 2.44. The van der Waals surface area contributed by atoms with Gasteiger partial charge in [0.2, 0.25) is 0 Å². The highest BCUT2D eigenvalue weighted by Crippen LogP contribution is 2.22. The zero-order valence-corrected chi connectivity index (χ0v) is 8.43. The summed E-state index contributed by atoms with van der Waals surface area (Å²) in [5, 5.41) is 3.83. The third-order valence-electron chi connectivity index (χ3n) is 1.83. The van der Waals surface area contributed by atoms with Crippen molar-refractivity contribution in [3.8, 4) is 0 Å². The molecule has 0 aliphatic carbocycles. The van der Waals surface area contributed by atoms with E-state index in [-0.39, 0.29) is 5.69 Å². The molecule has 0 saturated carbocycles. The number of Topliss-reactive ketones (excluding diaryl/α,β-unsaturated/α-hetero) is 1. The van der Waals surface area contributed by atoms with E-state index in [1.807, 2.05) is 0 Å². The minimum Gasteiger partial charge on any atom is -0.282 e. The number of aromatic nitrogens is 2. The molecule has 1 aromatic heterocycles. The first-order chi connectivity index (χ1) is 6.86. The molecule has 0 radical (unpaired) electrons. The van der Waals surface area contributed by atoms with Gasteiger partial charge < -0.3 is 0 Å². The quantitative estimate of drug-likeness (QED) is 0.733. The normalized spacial score (nSPS) is 11.8. The van der Waals surface area contributed by atoms with Crippen molar-refractivity contribution in [2.45, 2.75) is 33.0 Å². The van der Waals surface area contributed by atoms with Crippen molar-refractivity contribution in [3.63, 3.8) is 0 Å². The van der Waals surface area contributed by atoms with Gasteiger partial charge in [-0.05, 0) is 19.4 Å². The zero-order valence-electron chi connectivity index (χ0n) is 8.43. The van der Waals surface area contributed by atoms with Gasteiger partial charge in [-0.25, -0.2) is 0 Å². The van der Waals surface area contributed by atoms with E-state index in [2.05, 4.69) is 5.10 Å². The predicted molar refractivity (Wildman–Crippen MR) is 47.6 cm³/mol. The SMILES string of the molecule is CCCn1nc(C)cc1C(=O)C(F)(F)F. The van der Waals surface area contributed by atoms with E-state index in [9.17, 15) is 18.0 Å². The van der Waals surface area contributed by atoms with Crippen LogP contribution in [-0.4, -0.2) is 21.7 Å². The van der Waals surface area contributed by atoms with E-state index < -0.39 is 12.0 Å². The standard InChI is InChI=1S/C9H11F3N2O/c1-3-4-14-7(5-6(2)13-14)8(15)9(10,11)12/h5H,3-4H2,1-2H3. The number of aryl methyl sites for hydroxylation is 2. The highest BCUT2D eigenvalue weighted by atomic mass is 19.4. The van der Waals surface area contributed by atoms with Crippen molar-refractivity contribution in [1.82, 2.24) is 9.78 Å². The molecule has 1 rings (SSSR count). The molecule has 0 spiro atoms. The van der Waals surface area contributed by atoms with E-state index in [0.29, 0.717) is 18.7 Å². The molecule has 0 bridgehead atoms. The van der Waals surface area contributed by atoms with Gasteiger partial charge in [0.15, 0.2) is 0 Å². The highest BCUT2D eigenvalue weighted by molar-refractivity contribution is 5.98. The van der Waals surface area contributed by atoms with Crippen molar-refractivity contribution >= 4 is 5.78 Å². The fourth-order valence-corrected chi connectivity index (χ4v) is 1.26. The van der Waals surface area contributed by atoms with Gasteiger partial charge in [-0.15, -0.1) is 0 Å². The fraction of sp³-hybridized carbons (Fsp3) is 0.556. The van der Waals surface area contributed by atoms with Gasteiger partial charge in [0, 0.05) is 6.54 Å². The van der Waals surface area contributed by atoms with Gasteiger partial charge in [0.05, 0.1) is 5.69 Å². The maximum absolute atomic E-state index is 12.2. The summed E-state index contributed by atoms with van der Waals surface area (Å²) < 4.78 is 37.6. The summed E-state index contributed by atoms with van der Waals surface area (Å²) in [4.78, 5) is 11.0. The van der Waals surface area contributed by atoms with E-state index in [1.165, 1.54) is 0 Å². The van der Waals surface area contributed by atoms with Crippen LogP contribution < -0.4 is 0 Å². The lowest BCUT2D eigenvalue weighted by molar-refractivity contribution is -0.0891. The Morgan fingerprint density at radius 3 is 2.60 bits per heavy atom. The van der Waals surface area contributed by atoms with Crippen LogP contribution in [0.15, 0.2) is 6.07 Å². The van der Waals surface area contributed by atoms with E-state index in [0.717, 1.165) is 10.7 Å². The second kappa shape index (κ2) is 4.04. The largest absolute Gasteiger partial charge is 0.456 e. The number of carbonyl (C=O) groups excluding carboxylic acids is 1. The number of carbonyl (C=O) groups is 1. The summed E-state index contributed by atoms with van der Waals surface area (Å²) >= 11 is 0. The Morgan fingerprint density at radius 2 is 2.13 bits per heavy atom. The molecule has 0 N–H and O–H groups in total. The van der Waals surface area contributed by atoms with Gasteiger partial charge in [-0.1, -0.05) is 6.92 Å². The van der Waals surface area contributed by atoms with Crippen LogP contribution in [-0.2, 0) is 6.54 Å². The fourth-order valence-electron chi connectivity index (χ4n) is 1.26. The molecular weight excluding hydrogens is 209 g/mol. The first-order valence-corrected chi connectivity index (χ1v) is 4.52. The minimum atomic E-state index is -4.84. The molecule has 0 fully saturated rings. The molecule has 15 heavy (non-hydrogen) atoms. The monoisotopic (exact) mass is 220 g/mol. The van der Waals surface area contributed by atoms with E-state index >= 15 is 0 Å². The molecule has 0 aliphatic rings. The summed E-state index contributed by atoms with van der Waals surface area (Å²) in [5.74, 6) is -1.84. The minimum absolute atomic E-state index is 0.311. The molecule has 0 atom stereocenters. The lowest BCUT2D eigenvalue weighted by Crippen LogP contribution is -2.25. The Balaban J connectivity index is 3.07. The second-order valence-electron chi connectivity index (χ2n) is 3.22. The highest BCUT2D eigenvalue weighted by Gasteiger charge is 2.41. The number of hydrogen-bond acceptors (Lipinski definition) is 2. The number of ketones is 1. The first-order valence-electron chi connectivity index (χ1n) is 4.52. The summed E-state index contributed by atoms with van der Waals surface area (Å²) in [6.07, 6.45) is -4.21. The Kier molecular flexibility index (Phi) is 3.16. The van der Waals surface area contributed by atoms with Crippen LogP contribution in [0.5, 0.6) is 0 Å². The Bertz CT molecular complexity index is 368. The Hall–Kier alpha value is -1.33. The maximum atomic E-state index is 12.2. The van der Waals surface area contributed by atoms with Crippen LogP contribution in [0.3, 0.4) is 0 Å². The number of halogens is 3. The molecule has 0 saturated heterocycles. The van der Waals surface area contributed by atoms with Gasteiger partial charge >= 0.3 is 6.18 Å². The molecular formula is C9H11F3N2O. The first kappa shape index (κ1) is 11.7. The molecule has 6 heteroatoms. The molecule has 0 aromatic carbocycles. The molecule has 0 aliphatic heterocycles. The lowest BCUT2D eigenvalue weighted by Gasteiger charge is -2.07. The molecule has 84 valence electrons. The maximum Gasteiger partial charge on any atom is 0.456 e. The van der Waals surface area contributed by atoms with E-state index in [4.69, 9.17) is 0 Å². The topological polar surface area (TPSA) is 34.9 Å². The van der Waals surface area contributed by atoms with Crippen LogP contribution in [0.2, 0.25) is 0 Å². The molecule has 1 heterocycles. The number of nitrogens with zero attached hydrogens (tertiary/aromatic N) is 2. The average molecular weight is 220 g/mol. The van der Waals surface area contributed by atoms with Crippen LogP contribution in [0.1, 0.15) is 29.5 Å². The third-order valence-corrected chi connectivity index (χ3v) is 1.83. The van der Waals surface area contributed by atoms with Gasteiger partial charge in [0.25, 0.3) is 5.78 Å². The molecule has 0 amide bonds. The summed E-state index contributed by atoms with van der Waals surface area (Å²) in [6, 6.07) is 1.16. The molecule has 3 nitrogen and oxygen atoms in total. The lowest BCUT2D eigenvalue weighted by atomic mass is 10.2. The second-order valence-corrected chi connectivity index (χ2v) is 3.22. The van der Waals surface area contributed by atoms with Gasteiger partial charge in [0.1, 0.15) is 5.69 Å². The number of alkyl halides is 3. The summed E-state index contributed by atoms with van der Waals surface area (Å²) in [5.41, 5.74) is 0.0258. The van der Waals surface area contributed by atoms with Crippen LogP contribution >= 0.6 is 0 Å². The summed E-state index contributed by atoms with van der Waals surface area (Å²) in [7, 11) is 0. The van der Waals surface area contributed by atoms with Crippen molar-refractivity contribution in [1.29, 1.82) is 0 Å². The smallest absolute Gasteiger partial charge is 0.282 e. The molecule has 0 unspecified atom stereocenters. The number of rotatable bonds is 3. The molecule has 1 aromatic rings. The third kappa shape index (κ3) is 2.57. The van der Waals surface area contributed by atoms with Crippen molar-refractivity contribution in [2.75, 3.05) is 0 Å². The van der Waals surface area contributed by atoms with Crippen molar-refractivity contribution in [3.05, 3.63) is 17.5 Å². The number of hydrogen-bond donors (Lipinski definition) is 0. The Labute approximate surface area is 84.9 Å². The predicted octanol–water partition coefficient (Wildman–Crippen LogP) is 2.35. The Morgan fingerprint density at radius 1 is 1.53 bits per heavy atom.